The van der Waals surface area contributed by atoms with Crippen molar-refractivity contribution in [1.29, 1.82) is 0 Å². The van der Waals surface area contributed by atoms with Crippen LogP contribution in [0.1, 0.15) is 59.5 Å². The first kappa shape index (κ1) is 27.2. The van der Waals surface area contributed by atoms with Gasteiger partial charge in [-0.05, 0) is 64.3 Å². The molecule has 214 valence electrons. The Morgan fingerprint density at radius 3 is 2.56 bits per heavy atom. The first-order valence-corrected chi connectivity index (χ1v) is 14.7. The number of nitrogens with one attached hydrogen (secondary N) is 1. The molecule has 41 heavy (non-hydrogen) atoms. The molecule has 0 aliphatic carbocycles. The third kappa shape index (κ3) is 6.05. The van der Waals surface area contributed by atoms with Crippen molar-refractivity contribution in [3.05, 3.63) is 94.6 Å². The highest BCUT2D eigenvalue weighted by Gasteiger charge is 2.41. The van der Waals surface area contributed by atoms with E-state index in [9.17, 15) is 4.79 Å². The number of ether oxygens (including phenoxy) is 1. The summed E-state index contributed by atoms with van der Waals surface area (Å²) in [5, 5.41) is 16.7. The van der Waals surface area contributed by atoms with Crippen molar-refractivity contribution in [3.8, 4) is 5.75 Å². The Balaban J connectivity index is 1.15. The molecule has 0 saturated carbocycles. The van der Waals surface area contributed by atoms with E-state index < -0.39 is 5.41 Å². The Bertz CT molecular complexity index is 1480. The number of benzene rings is 2. The molecule has 1 spiro atoms. The van der Waals surface area contributed by atoms with Crippen molar-refractivity contribution >= 4 is 5.91 Å². The van der Waals surface area contributed by atoms with Crippen LogP contribution >= 0.6 is 0 Å². The molecule has 9 nitrogen and oxygen atoms in total. The summed E-state index contributed by atoms with van der Waals surface area (Å²) >= 11 is 0. The normalized spacial score (nSPS) is 17.9. The van der Waals surface area contributed by atoms with E-state index in [2.05, 4.69) is 63.3 Å². The molecule has 0 atom stereocenters. The molecule has 1 amide bonds. The lowest BCUT2D eigenvalue weighted by molar-refractivity contribution is -0.135. The summed E-state index contributed by atoms with van der Waals surface area (Å²) in [5.74, 6) is 0.910. The first-order chi connectivity index (χ1) is 20.0. The van der Waals surface area contributed by atoms with Crippen molar-refractivity contribution in [3.63, 3.8) is 0 Å². The van der Waals surface area contributed by atoms with E-state index in [0.717, 1.165) is 81.1 Å². The van der Waals surface area contributed by atoms with Crippen LogP contribution < -0.4 is 10.1 Å². The summed E-state index contributed by atoms with van der Waals surface area (Å²) < 4.78 is 10.0. The number of carbonyl (C=O) groups excluding carboxylic acids is 1. The van der Waals surface area contributed by atoms with Crippen LogP contribution in [0.15, 0.2) is 60.8 Å². The van der Waals surface area contributed by atoms with E-state index >= 15 is 0 Å². The van der Waals surface area contributed by atoms with E-state index in [1.807, 2.05) is 41.2 Å². The molecule has 9 heteroatoms. The van der Waals surface area contributed by atoms with Gasteiger partial charge in [0, 0.05) is 36.5 Å². The molecule has 2 aromatic carbocycles. The average molecular weight is 554 g/mol. The number of likely N-dealkylation sites (tertiary alicyclic amines) is 1. The average Bonchev–Trinajstić information content (AvgIpc) is 3.55. The second-order valence-corrected chi connectivity index (χ2v) is 11.5. The third-order valence-electron chi connectivity index (χ3n) is 8.80. The Hall–Kier alpha value is -3.98. The fourth-order valence-electron chi connectivity index (χ4n) is 6.23. The van der Waals surface area contributed by atoms with Gasteiger partial charge >= 0.3 is 0 Å². The summed E-state index contributed by atoms with van der Waals surface area (Å²) in [7, 11) is 0. The van der Waals surface area contributed by atoms with Gasteiger partial charge in [0.2, 0.25) is 5.91 Å². The van der Waals surface area contributed by atoms with Gasteiger partial charge in [-0.15, -0.1) is 5.10 Å². The topological polar surface area (TPSA) is 90.1 Å². The Kier molecular flexibility index (Phi) is 7.87. The molecule has 2 aromatic heterocycles. The first-order valence-electron chi connectivity index (χ1n) is 14.7. The van der Waals surface area contributed by atoms with Crippen molar-refractivity contribution in [2.24, 2.45) is 5.41 Å². The molecule has 1 fully saturated rings. The van der Waals surface area contributed by atoms with Gasteiger partial charge in [0.05, 0.1) is 23.9 Å². The van der Waals surface area contributed by atoms with Crippen LogP contribution in [-0.2, 0) is 37.6 Å². The molecule has 2 bridgehead atoms. The number of fused-ring (bicyclic) bond motifs is 3. The number of aryl methyl sites for hydroxylation is 2. The number of para-hydroxylation sites is 1. The highest BCUT2D eigenvalue weighted by Crippen LogP contribution is 2.38. The fourth-order valence-corrected chi connectivity index (χ4v) is 6.23. The number of hydrogen-bond acceptors (Lipinski definition) is 6. The van der Waals surface area contributed by atoms with Gasteiger partial charge in [0.25, 0.3) is 0 Å². The lowest BCUT2D eigenvalue weighted by Gasteiger charge is -2.41. The van der Waals surface area contributed by atoms with Gasteiger partial charge in [0.1, 0.15) is 18.1 Å². The number of carbonyl (C=O) groups is 1. The van der Waals surface area contributed by atoms with Gasteiger partial charge < -0.3 is 10.1 Å². The minimum absolute atomic E-state index is 0.145. The fraction of sp³-hybridized carbons (Fsp3) is 0.438. The largest absolute Gasteiger partial charge is 0.487 e. The highest BCUT2D eigenvalue weighted by molar-refractivity contribution is 5.82. The standard InChI is InChI=1S/C32H39N7O2/c1-24-29(25(2)39(35-24)20-26-9-4-3-5-10-26)22-37-17-14-32(15-18-37)13-8-16-38-21-28(34-36-38)23-41-30-12-7-6-11-27(30)19-33-31(32)40/h3-7,9-12,21H,8,13-20,22-23H2,1-2H3,(H,33,40). The molecular weight excluding hydrogens is 514 g/mol. The quantitative estimate of drug-likeness (QED) is 0.403. The van der Waals surface area contributed by atoms with Crippen LogP contribution in [0.2, 0.25) is 0 Å². The molecule has 1 N–H and O–H groups in total. The highest BCUT2D eigenvalue weighted by atomic mass is 16.5. The number of aromatic nitrogens is 5. The number of rotatable bonds is 4. The summed E-state index contributed by atoms with van der Waals surface area (Å²) in [6, 6.07) is 18.4. The van der Waals surface area contributed by atoms with E-state index in [4.69, 9.17) is 9.84 Å². The van der Waals surface area contributed by atoms with Gasteiger partial charge in [-0.25, -0.2) is 0 Å². The van der Waals surface area contributed by atoms with Gasteiger partial charge in [0.15, 0.2) is 0 Å². The zero-order chi connectivity index (χ0) is 28.2. The lowest BCUT2D eigenvalue weighted by atomic mass is 9.73. The number of nitrogens with zero attached hydrogens (tertiary/aromatic N) is 6. The van der Waals surface area contributed by atoms with E-state index in [1.165, 1.54) is 16.8 Å². The minimum atomic E-state index is -0.401. The maximum atomic E-state index is 13.8. The zero-order valence-electron chi connectivity index (χ0n) is 24.1. The summed E-state index contributed by atoms with van der Waals surface area (Å²) in [6.45, 7) is 9.22. The minimum Gasteiger partial charge on any atom is -0.487 e. The zero-order valence-corrected chi connectivity index (χ0v) is 24.1. The molecule has 2 aliphatic rings. The molecule has 0 radical (unpaired) electrons. The lowest BCUT2D eigenvalue weighted by Crippen LogP contribution is -2.48. The van der Waals surface area contributed by atoms with Crippen molar-refractivity contribution < 1.29 is 9.53 Å². The number of amides is 1. The van der Waals surface area contributed by atoms with Gasteiger partial charge in [-0.2, -0.15) is 5.10 Å². The summed E-state index contributed by atoms with van der Waals surface area (Å²) in [5.41, 5.74) is 6.23. The van der Waals surface area contributed by atoms with Crippen LogP contribution in [0.5, 0.6) is 5.75 Å². The molecule has 0 unspecified atom stereocenters. The third-order valence-corrected chi connectivity index (χ3v) is 8.80. The van der Waals surface area contributed by atoms with Crippen LogP contribution in [-0.4, -0.2) is 48.7 Å². The summed E-state index contributed by atoms with van der Waals surface area (Å²) in [6.07, 6.45) is 5.31. The summed E-state index contributed by atoms with van der Waals surface area (Å²) in [4.78, 5) is 16.3. The molecule has 1 saturated heterocycles. The molecule has 6 rings (SSSR count). The SMILES string of the molecule is Cc1nn(Cc2ccccc2)c(C)c1CN1CCC2(CCCn3cc(nn3)COc3ccccc3CNC2=O)CC1. The second-order valence-electron chi connectivity index (χ2n) is 11.5. The Morgan fingerprint density at radius 2 is 1.73 bits per heavy atom. The Labute approximate surface area is 241 Å². The second kappa shape index (κ2) is 11.9. The smallest absolute Gasteiger partial charge is 0.226 e. The number of piperidine rings is 1. The molecule has 4 heterocycles. The van der Waals surface area contributed by atoms with E-state index in [0.29, 0.717) is 13.2 Å². The van der Waals surface area contributed by atoms with Crippen molar-refractivity contribution in [2.45, 2.75) is 72.3 Å². The van der Waals surface area contributed by atoms with Gasteiger partial charge in [-0.1, -0.05) is 53.7 Å². The van der Waals surface area contributed by atoms with E-state index in [1.54, 1.807) is 0 Å². The maximum Gasteiger partial charge on any atom is 0.226 e. The Morgan fingerprint density at radius 1 is 0.951 bits per heavy atom. The van der Waals surface area contributed by atoms with E-state index in [-0.39, 0.29) is 5.91 Å². The number of hydrogen-bond donors (Lipinski definition) is 1. The van der Waals surface area contributed by atoms with Crippen LogP contribution in [0.3, 0.4) is 0 Å². The van der Waals surface area contributed by atoms with Crippen LogP contribution in [0.4, 0.5) is 0 Å². The van der Waals surface area contributed by atoms with Crippen molar-refractivity contribution in [2.75, 3.05) is 13.1 Å². The van der Waals surface area contributed by atoms with Gasteiger partial charge in [-0.3, -0.25) is 19.1 Å². The van der Waals surface area contributed by atoms with Crippen LogP contribution in [0.25, 0.3) is 0 Å². The predicted molar refractivity (Wildman–Crippen MR) is 156 cm³/mol. The van der Waals surface area contributed by atoms with Crippen molar-refractivity contribution in [1.82, 2.24) is 35.0 Å². The predicted octanol–water partition coefficient (Wildman–Crippen LogP) is 4.41. The molecule has 4 aromatic rings. The van der Waals surface area contributed by atoms with Crippen LogP contribution in [0, 0.1) is 19.3 Å². The molecular formula is C32H39N7O2. The maximum absolute atomic E-state index is 13.8. The molecule has 2 aliphatic heterocycles. The monoisotopic (exact) mass is 553 g/mol.